The van der Waals surface area contributed by atoms with Gasteiger partial charge in [-0.2, -0.15) is 13.2 Å². The zero-order valence-electron chi connectivity index (χ0n) is 13.7. The third-order valence-electron chi connectivity index (χ3n) is 4.20. The quantitative estimate of drug-likeness (QED) is 0.745. The molecule has 0 aromatic carbocycles. The monoisotopic (exact) mass is 439 g/mol. The number of aromatic nitrogens is 1. The van der Waals surface area contributed by atoms with Gasteiger partial charge in [0.05, 0.1) is 35.9 Å². The molecule has 2 N–H and O–H groups in total. The van der Waals surface area contributed by atoms with Crippen LogP contribution in [0.15, 0.2) is 24.5 Å². The van der Waals surface area contributed by atoms with Gasteiger partial charge in [-0.1, -0.05) is 23.2 Å². The van der Waals surface area contributed by atoms with E-state index in [1.807, 2.05) is 0 Å². The number of nitrogens with one attached hydrogen (secondary N) is 2. The number of carbonyl (C=O) groups is 2. The maximum atomic E-state index is 12.5. The van der Waals surface area contributed by atoms with E-state index in [2.05, 4.69) is 4.98 Å². The Balaban J connectivity index is 1.67. The van der Waals surface area contributed by atoms with Crippen molar-refractivity contribution in [2.75, 3.05) is 26.2 Å². The topological polar surface area (TPSA) is 56.0 Å². The van der Waals surface area contributed by atoms with Crippen molar-refractivity contribution in [1.29, 1.82) is 0 Å². The van der Waals surface area contributed by atoms with E-state index in [0.29, 0.717) is 47.6 Å². The van der Waals surface area contributed by atoms with Gasteiger partial charge in [0.25, 0.3) is 11.7 Å². The molecule has 0 bridgehead atoms. The summed E-state index contributed by atoms with van der Waals surface area (Å²) < 4.78 is 37.5. The Kier molecular flexibility index (Phi) is 5.76. The Hall–Kier alpha value is -1.68. The van der Waals surface area contributed by atoms with Crippen LogP contribution in [-0.2, 0) is 0 Å². The second-order valence-electron chi connectivity index (χ2n) is 5.91. The fourth-order valence-corrected chi connectivity index (χ4v) is 4.46. The van der Waals surface area contributed by atoms with E-state index in [4.69, 9.17) is 23.2 Å². The molecule has 1 fully saturated rings. The van der Waals surface area contributed by atoms with Crippen LogP contribution in [-0.4, -0.2) is 48.9 Å². The van der Waals surface area contributed by atoms with Crippen LogP contribution < -0.4 is 9.88 Å². The van der Waals surface area contributed by atoms with E-state index < -0.39 is 16.8 Å². The van der Waals surface area contributed by atoms with Crippen LogP contribution in [0, 0.1) is 0 Å². The normalized spacial score (nSPS) is 15.8. The van der Waals surface area contributed by atoms with E-state index in [-0.39, 0.29) is 10.8 Å². The highest BCUT2D eigenvalue weighted by molar-refractivity contribution is 7.16. The Morgan fingerprint density at radius 1 is 1.07 bits per heavy atom. The second-order valence-corrected chi connectivity index (χ2v) is 7.81. The van der Waals surface area contributed by atoms with Gasteiger partial charge >= 0.3 is 6.18 Å². The molecule has 3 rings (SSSR count). The minimum Gasteiger partial charge on any atom is -0.327 e. The molecule has 0 aliphatic carbocycles. The lowest BCUT2D eigenvalue weighted by Crippen LogP contribution is -3.10. The van der Waals surface area contributed by atoms with Crippen molar-refractivity contribution in [3.63, 3.8) is 0 Å². The number of amides is 1. The van der Waals surface area contributed by atoms with Gasteiger partial charge in [0.2, 0.25) is 0 Å². The SMILES string of the molecule is O=C(c1ccc(C(=O)C(F)(F)F)s1)N1CC[NH+](c2c(Cl)c[nH+]cc2Cl)CC1. The molecule has 1 aliphatic heterocycles. The smallest absolute Gasteiger partial charge is 0.327 e. The first-order valence-electron chi connectivity index (χ1n) is 7.89. The third kappa shape index (κ3) is 4.26. The molecule has 144 valence electrons. The number of Topliss-reactive ketones (excluding diaryl/α,β-unsaturated/α-hetero) is 1. The zero-order valence-corrected chi connectivity index (χ0v) is 16.0. The van der Waals surface area contributed by atoms with E-state index in [1.54, 1.807) is 17.3 Å². The number of pyridine rings is 1. The molecule has 0 saturated carbocycles. The number of H-pyrrole nitrogens is 1. The molecule has 27 heavy (non-hydrogen) atoms. The first kappa shape index (κ1) is 20.1. The lowest BCUT2D eigenvalue weighted by atomic mass is 10.2. The standard InChI is InChI=1S/C16H12Cl2F3N3O2S/c17-9-7-22-8-10(18)13(9)23-3-5-24(6-4-23)15(26)12-2-1-11(27-12)14(25)16(19,20)21/h1-2,7-8H,3-6H2/p+2. The highest BCUT2D eigenvalue weighted by Crippen LogP contribution is 2.27. The van der Waals surface area contributed by atoms with Gasteiger partial charge in [0, 0.05) is 0 Å². The number of aromatic amines is 1. The summed E-state index contributed by atoms with van der Waals surface area (Å²) in [6.07, 6.45) is -1.71. The van der Waals surface area contributed by atoms with E-state index in [9.17, 15) is 22.8 Å². The summed E-state index contributed by atoms with van der Waals surface area (Å²) in [6, 6.07) is 2.29. The minimum absolute atomic E-state index is 0.108. The van der Waals surface area contributed by atoms with Gasteiger partial charge in [-0.3, -0.25) is 14.5 Å². The predicted molar refractivity (Wildman–Crippen MR) is 94.0 cm³/mol. The van der Waals surface area contributed by atoms with Crippen molar-refractivity contribution in [2.24, 2.45) is 0 Å². The van der Waals surface area contributed by atoms with E-state index in [0.717, 1.165) is 16.7 Å². The van der Waals surface area contributed by atoms with Crippen molar-refractivity contribution < 1.29 is 32.6 Å². The van der Waals surface area contributed by atoms with E-state index >= 15 is 0 Å². The third-order valence-corrected chi connectivity index (χ3v) is 5.87. The van der Waals surface area contributed by atoms with E-state index in [1.165, 1.54) is 6.07 Å². The number of carbonyl (C=O) groups excluding carboxylic acids is 2. The van der Waals surface area contributed by atoms with Crippen LogP contribution in [0.4, 0.5) is 18.9 Å². The van der Waals surface area contributed by atoms with Gasteiger partial charge in [-0.25, -0.2) is 4.98 Å². The number of ketones is 1. The molecule has 1 aliphatic rings. The molecule has 0 radical (unpaired) electrons. The second kappa shape index (κ2) is 7.75. The fourth-order valence-electron chi connectivity index (χ4n) is 2.88. The number of halogens is 5. The highest BCUT2D eigenvalue weighted by atomic mass is 35.5. The van der Waals surface area contributed by atoms with Crippen molar-refractivity contribution in [3.05, 3.63) is 44.3 Å². The number of alkyl halides is 3. The number of rotatable bonds is 3. The molecule has 2 aromatic heterocycles. The number of hydrogen-bond acceptors (Lipinski definition) is 3. The molecule has 0 spiro atoms. The summed E-state index contributed by atoms with van der Waals surface area (Å²) in [5.41, 5.74) is 0.748. The average Bonchev–Trinajstić information content (AvgIpc) is 3.10. The molecule has 5 nitrogen and oxygen atoms in total. The maximum absolute atomic E-state index is 12.5. The Bertz CT molecular complexity index is 860. The predicted octanol–water partition coefficient (Wildman–Crippen LogP) is 2.29. The van der Waals surface area contributed by atoms with Crippen molar-refractivity contribution in [1.82, 2.24) is 4.90 Å². The summed E-state index contributed by atoms with van der Waals surface area (Å²) in [7, 11) is 0. The zero-order chi connectivity index (χ0) is 19.8. The van der Waals surface area contributed by atoms with Crippen LogP contribution in [0.2, 0.25) is 10.0 Å². The minimum atomic E-state index is -4.95. The molecule has 0 atom stereocenters. The first-order valence-corrected chi connectivity index (χ1v) is 9.46. The number of thiophene rings is 1. The first-order chi connectivity index (χ1) is 12.7. The summed E-state index contributed by atoms with van der Waals surface area (Å²) in [5, 5.41) is 0.983. The molecule has 1 amide bonds. The number of hydrogen-bond donors (Lipinski definition) is 1. The molecule has 11 heteroatoms. The fraction of sp³-hybridized carbons (Fsp3) is 0.312. The van der Waals surface area contributed by atoms with Crippen LogP contribution in [0.1, 0.15) is 19.3 Å². The van der Waals surface area contributed by atoms with Crippen molar-refractivity contribution in [2.45, 2.75) is 6.18 Å². The Morgan fingerprint density at radius 3 is 2.19 bits per heavy atom. The lowest BCUT2D eigenvalue weighted by Gasteiger charge is -2.31. The molecule has 3 heterocycles. The van der Waals surface area contributed by atoms with Crippen LogP contribution >= 0.6 is 34.5 Å². The number of quaternary nitrogens is 1. The molecular formula is C16H14Cl2F3N3O2S+2. The van der Waals surface area contributed by atoms with Gasteiger partial charge in [0.1, 0.15) is 0 Å². The summed E-state index contributed by atoms with van der Waals surface area (Å²) in [6.45, 7) is 1.88. The van der Waals surface area contributed by atoms with Crippen LogP contribution in [0.25, 0.3) is 0 Å². The largest absolute Gasteiger partial charge is 0.455 e. The summed E-state index contributed by atoms with van der Waals surface area (Å²) >= 11 is 12.9. The molecule has 2 aromatic rings. The van der Waals surface area contributed by atoms with Gasteiger partial charge in [-0.15, -0.1) is 11.3 Å². The lowest BCUT2D eigenvalue weighted by molar-refractivity contribution is -0.837. The highest BCUT2D eigenvalue weighted by Gasteiger charge is 2.40. The molecule has 1 saturated heterocycles. The maximum Gasteiger partial charge on any atom is 0.455 e. The van der Waals surface area contributed by atoms with Gasteiger partial charge in [0.15, 0.2) is 28.1 Å². The average molecular weight is 440 g/mol. The summed E-state index contributed by atoms with van der Waals surface area (Å²) in [5.74, 6) is -2.33. The Labute approximate surface area is 166 Å². The molecule has 0 unspecified atom stereocenters. The van der Waals surface area contributed by atoms with Crippen molar-refractivity contribution >= 4 is 51.9 Å². The number of piperazine rings is 1. The molecular weight excluding hydrogens is 426 g/mol. The van der Waals surface area contributed by atoms with Crippen molar-refractivity contribution in [3.8, 4) is 0 Å². The van der Waals surface area contributed by atoms with Crippen LogP contribution in [0.5, 0.6) is 0 Å². The van der Waals surface area contributed by atoms with Gasteiger partial charge < -0.3 is 4.90 Å². The Morgan fingerprint density at radius 2 is 1.63 bits per heavy atom. The van der Waals surface area contributed by atoms with Crippen LogP contribution in [0.3, 0.4) is 0 Å². The number of nitrogens with zero attached hydrogens (tertiary/aromatic N) is 1. The van der Waals surface area contributed by atoms with Gasteiger partial charge in [-0.05, 0) is 12.1 Å². The summed E-state index contributed by atoms with van der Waals surface area (Å²) in [4.78, 5) is 28.8.